The van der Waals surface area contributed by atoms with E-state index in [1.807, 2.05) is 35.0 Å². The fraction of sp³-hybridized carbons (Fsp3) is 0.286. The zero-order chi connectivity index (χ0) is 13.9. The van der Waals surface area contributed by atoms with Crippen LogP contribution in [-0.2, 0) is 13.0 Å². The van der Waals surface area contributed by atoms with Crippen LogP contribution in [0.2, 0.25) is 0 Å². The number of hydrogen-bond acceptors (Lipinski definition) is 5. The Kier molecular flexibility index (Phi) is 3.49. The maximum atomic E-state index is 9.13. The van der Waals surface area contributed by atoms with Crippen molar-refractivity contribution in [3.8, 4) is 11.4 Å². The van der Waals surface area contributed by atoms with Crippen LogP contribution in [0.5, 0.6) is 0 Å². The molecule has 0 aliphatic carbocycles. The predicted octanol–water partition coefficient (Wildman–Crippen LogP) is 1.22. The molecule has 0 amide bonds. The summed E-state index contributed by atoms with van der Waals surface area (Å²) < 4.78 is 7.06. The number of para-hydroxylation sites is 1. The van der Waals surface area contributed by atoms with Gasteiger partial charge in [0.1, 0.15) is 0 Å². The van der Waals surface area contributed by atoms with Gasteiger partial charge in [0.05, 0.1) is 19.6 Å². The van der Waals surface area contributed by atoms with E-state index in [-0.39, 0.29) is 13.2 Å². The highest BCUT2D eigenvalue weighted by Crippen LogP contribution is 2.28. The molecule has 3 aromatic rings. The molecular formula is C14H15N3O3. The van der Waals surface area contributed by atoms with Gasteiger partial charge in [-0.2, -0.15) is 4.98 Å². The topological polar surface area (TPSA) is 84.3 Å². The standard InChI is InChI=1S/C14H15N3O3/c18-7-5-13-15-14(16-20-13)11-9-17(6-8-19)12-4-2-1-3-10(11)12/h1-4,9,18-19H,5-8H2. The first-order chi connectivity index (χ1) is 9.83. The molecule has 0 aliphatic heterocycles. The summed E-state index contributed by atoms with van der Waals surface area (Å²) >= 11 is 0. The summed E-state index contributed by atoms with van der Waals surface area (Å²) in [5.74, 6) is 0.919. The Morgan fingerprint density at radius 1 is 1.15 bits per heavy atom. The van der Waals surface area contributed by atoms with Crippen molar-refractivity contribution in [2.75, 3.05) is 13.2 Å². The fourth-order valence-electron chi connectivity index (χ4n) is 2.28. The van der Waals surface area contributed by atoms with Gasteiger partial charge in [-0.25, -0.2) is 0 Å². The van der Waals surface area contributed by atoms with Crippen LogP contribution >= 0.6 is 0 Å². The summed E-state index contributed by atoms with van der Waals surface area (Å²) in [5.41, 5.74) is 1.88. The molecule has 2 N–H and O–H groups in total. The second kappa shape index (κ2) is 5.44. The van der Waals surface area contributed by atoms with Crippen molar-refractivity contribution in [1.29, 1.82) is 0 Å². The zero-order valence-corrected chi connectivity index (χ0v) is 10.9. The van der Waals surface area contributed by atoms with E-state index < -0.39 is 0 Å². The molecule has 6 heteroatoms. The molecular weight excluding hydrogens is 258 g/mol. The minimum Gasteiger partial charge on any atom is -0.396 e. The molecule has 0 bridgehead atoms. The molecule has 0 radical (unpaired) electrons. The summed E-state index contributed by atoms with van der Waals surface area (Å²) in [6.45, 7) is 0.565. The monoisotopic (exact) mass is 273 g/mol. The maximum Gasteiger partial charge on any atom is 0.229 e. The molecule has 0 atom stereocenters. The summed E-state index contributed by atoms with van der Waals surface area (Å²) in [6.07, 6.45) is 2.26. The lowest BCUT2D eigenvalue weighted by atomic mass is 10.2. The minimum atomic E-state index is -0.0199. The molecule has 3 rings (SSSR count). The summed E-state index contributed by atoms with van der Waals surface area (Å²) in [5, 5.41) is 23.0. The van der Waals surface area contributed by atoms with Crippen LogP contribution in [-0.4, -0.2) is 38.1 Å². The van der Waals surface area contributed by atoms with Gasteiger partial charge in [0.15, 0.2) is 0 Å². The Morgan fingerprint density at radius 2 is 2.00 bits per heavy atom. The van der Waals surface area contributed by atoms with Gasteiger partial charge in [-0.3, -0.25) is 0 Å². The van der Waals surface area contributed by atoms with E-state index in [4.69, 9.17) is 14.7 Å². The van der Waals surface area contributed by atoms with E-state index >= 15 is 0 Å². The van der Waals surface area contributed by atoms with Gasteiger partial charge in [0, 0.05) is 29.2 Å². The molecule has 1 aromatic carbocycles. The van der Waals surface area contributed by atoms with E-state index in [0.717, 1.165) is 16.5 Å². The molecule has 104 valence electrons. The predicted molar refractivity (Wildman–Crippen MR) is 73.1 cm³/mol. The van der Waals surface area contributed by atoms with Crippen LogP contribution in [0.15, 0.2) is 35.0 Å². The third-order valence-corrected chi connectivity index (χ3v) is 3.16. The Bertz CT molecular complexity index is 717. The van der Waals surface area contributed by atoms with E-state index in [9.17, 15) is 0 Å². The van der Waals surface area contributed by atoms with Crippen molar-refractivity contribution in [2.24, 2.45) is 0 Å². The number of fused-ring (bicyclic) bond motifs is 1. The average Bonchev–Trinajstić information content (AvgIpc) is 3.05. The molecule has 6 nitrogen and oxygen atoms in total. The highest BCUT2D eigenvalue weighted by molar-refractivity contribution is 5.94. The van der Waals surface area contributed by atoms with Gasteiger partial charge in [-0.1, -0.05) is 23.4 Å². The third-order valence-electron chi connectivity index (χ3n) is 3.16. The number of nitrogens with zero attached hydrogens (tertiary/aromatic N) is 3. The lowest BCUT2D eigenvalue weighted by molar-refractivity contribution is 0.274. The largest absolute Gasteiger partial charge is 0.396 e. The highest BCUT2D eigenvalue weighted by atomic mass is 16.5. The van der Waals surface area contributed by atoms with Crippen LogP contribution in [0.3, 0.4) is 0 Å². The quantitative estimate of drug-likeness (QED) is 0.730. The minimum absolute atomic E-state index is 0.0199. The van der Waals surface area contributed by atoms with E-state index in [1.165, 1.54) is 0 Å². The van der Waals surface area contributed by atoms with Gasteiger partial charge in [0.2, 0.25) is 11.7 Å². The van der Waals surface area contributed by atoms with Crippen molar-refractivity contribution in [1.82, 2.24) is 14.7 Å². The number of rotatable bonds is 5. The van der Waals surface area contributed by atoms with E-state index in [2.05, 4.69) is 10.1 Å². The van der Waals surface area contributed by atoms with Gasteiger partial charge in [-0.15, -0.1) is 0 Å². The van der Waals surface area contributed by atoms with Crippen LogP contribution in [0.4, 0.5) is 0 Å². The number of hydrogen-bond donors (Lipinski definition) is 2. The van der Waals surface area contributed by atoms with Crippen molar-refractivity contribution in [3.05, 3.63) is 36.4 Å². The van der Waals surface area contributed by atoms with Crippen LogP contribution in [0.25, 0.3) is 22.3 Å². The van der Waals surface area contributed by atoms with Crippen molar-refractivity contribution in [3.63, 3.8) is 0 Å². The Labute approximate surface area is 115 Å². The molecule has 0 spiro atoms. The molecule has 20 heavy (non-hydrogen) atoms. The van der Waals surface area contributed by atoms with Crippen LogP contribution < -0.4 is 0 Å². The number of benzene rings is 1. The van der Waals surface area contributed by atoms with Gasteiger partial charge in [-0.05, 0) is 6.07 Å². The van der Waals surface area contributed by atoms with Crippen LogP contribution in [0, 0.1) is 0 Å². The smallest absolute Gasteiger partial charge is 0.229 e. The third kappa shape index (κ3) is 2.19. The molecule has 2 heterocycles. The molecule has 0 fully saturated rings. The number of aliphatic hydroxyl groups is 2. The highest BCUT2D eigenvalue weighted by Gasteiger charge is 2.15. The van der Waals surface area contributed by atoms with Gasteiger partial charge >= 0.3 is 0 Å². The Hall–Kier alpha value is -2.18. The lowest BCUT2D eigenvalue weighted by Gasteiger charge is -2.00. The molecule has 0 saturated heterocycles. The van der Waals surface area contributed by atoms with E-state index in [1.54, 1.807) is 0 Å². The van der Waals surface area contributed by atoms with Crippen LogP contribution in [0.1, 0.15) is 5.89 Å². The summed E-state index contributed by atoms with van der Waals surface area (Å²) in [7, 11) is 0. The lowest BCUT2D eigenvalue weighted by Crippen LogP contribution is -1.99. The Morgan fingerprint density at radius 3 is 2.80 bits per heavy atom. The zero-order valence-electron chi connectivity index (χ0n) is 10.9. The number of aliphatic hydroxyl groups excluding tert-OH is 2. The van der Waals surface area contributed by atoms with Crippen molar-refractivity contribution < 1.29 is 14.7 Å². The first-order valence-corrected chi connectivity index (χ1v) is 6.46. The van der Waals surface area contributed by atoms with Crippen molar-refractivity contribution >= 4 is 10.9 Å². The molecule has 0 unspecified atom stereocenters. The molecule has 0 aliphatic rings. The normalized spacial score (nSPS) is 11.3. The summed E-state index contributed by atoms with van der Waals surface area (Å²) in [4.78, 5) is 4.28. The second-order valence-electron chi connectivity index (χ2n) is 4.46. The van der Waals surface area contributed by atoms with E-state index in [0.29, 0.717) is 24.7 Å². The fourth-order valence-corrected chi connectivity index (χ4v) is 2.28. The SMILES string of the molecule is OCCc1nc(-c2cn(CCO)c3ccccc23)no1. The van der Waals surface area contributed by atoms with Crippen molar-refractivity contribution in [2.45, 2.75) is 13.0 Å². The number of aromatic nitrogens is 3. The average molecular weight is 273 g/mol. The molecule has 2 aromatic heterocycles. The maximum absolute atomic E-state index is 9.13. The first-order valence-electron chi connectivity index (χ1n) is 6.46. The van der Waals surface area contributed by atoms with Gasteiger partial charge < -0.3 is 19.3 Å². The summed E-state index contributed by atoms with van der Waals surface area (Å²) in [6, 6.07) is 7.88. The second-order valence-corrected chi connectivity index (χ2v) is 4.46. The van der Waals surface area contributed by atoms with Gasteiger partial charge in [0.25, 0.3) is 0 Å². The first kappa shape index (κ1) is 12.8. The molecule has 0 saturated carbocycles. The Balaban J connectivity index is 2.10.